The number of methoxy groups -OCH3 is 1. The van der Waals surface area contributed by atoms with Crippen molar-refractivity contribution in [1.29, 1.82) is 0 Å². The predicted octanol–water partition coefficient (Wildman–Crippen LogP) is 2.11. The van der Waals surface area contributed by atoms with Crippen molar-refractivity contribution in [2.45, 2.75) is 31.5 Å². The topological polar surface area (TPSA) is 63.9 Å². The normalized spacial score (nSPS) is 31.7. The molecule has 0 radical (unpaired) electrons. The summed E-state index contributed by atoms with van der Waals surface area (Å²) in [4.78, 5) is 15.5. The maximum Gasteiger partial charge on any atom is 0.256 e. The molecule has 6 heteroatoms. The van der Waals surface area contributed by atoms with Crippen molar-refractivity contribution in [3.63, 3.8) is 0 Å². The lowest BCUT2D eigenvalue weighted by molar-refractivity contribution is 0.00155. The Bertz CT molecular complexity index is 936. The van der Waals surface area contributed by atoms with E-state index >= 15 is 0 Å². The number of rotatable bonds is 3. The standard InChI is InChI=1S/C21H26N2O4/c1-12-19(14-8-13(26-3)4-5-17(14)22(12)2)20(25)23-9-16-15(10-24)18-6-7-21(16,11-23)27-18/h4-5,8,15-16,18,24H,6-7,9-11H2,1-3H3/t15-,16+,18+,21+/m1/s1. The van der Waals surface area contributed by atoms with E-state index in [-0.39, 0.29) is 36.1 Å². The number of aliphatic hydroxyl groups is 1. The summed E-state index contributed by atoms with van der Waals surface area (Å²) in [7, 11) is 3.63. The number of nitrogens with zero attached hydrogens (tertiary/aromatic N) is 2. The summed E-state index contributed by atoms with van der Waals surface area (Å²) in [5, 5.41) is 10.7. The van der Waals surface area contributed by atoms with Gasteiger partial charge in [0.2, 0.25) is 0 Å². The first-order chi connectivity index (χ1) is 13.0. The molecule has 2 aromatic rings. The minimum Gasteiger partial charge on any atom is -0.497 e. The van der Waals surface area contributed by atoms with Crippen LogP contribution in [0.5, 0.6) is 5.75 Å². The van der Waals surface area contributed by atoms with E-state index in [1.54, 1.807) is 7.11 Å². The summed E-state index contributed by atoms with van der Waals surface area (Å²) in [6.07, 6.45) is 2.15. The van der Waals surface area contributed by atoms with E-state index in [4.69, 9.17) is 9.47 Å². The molecular weight excluding hydrogens is 344 g/mol. The average molecular weight is 370 g/mol. The Morgan fingerprint density at radius 3 is 3.00 bits per heavy atom. The number of aryl methyl sites for hydroxylation is 1. The number of hydrogen-bond acceptors (Lipinski definition) is 4. The molecule has 1 aromatic carbocycles. The van der Waals surface area contributed by atoms with Crippen LogP contribution in [-0.4, -0.2) is 59.0 Å². The van der Waals surface area contributed by atoms with Gasteiger partial charge in [-0.1, -0.05) is 0 Å². The highest BCUT2D eigenvalue weighted by atomic mass is 16.5. The van der Waals surface area contributed by atoms with Crippen molar-refractivity contribution in [2.75, 3.05) is 26.8 Å². The molecule has 4 atom stereocenters. The van der Waals surface area contributed by atoms with Gasteiger partial charge in [-0.3, -0.25) is 4.79 Å². The second-order valence-electron chi connectivity index (χ2n) is 8.30. The summed E-state index contributed by atoms with van der Waals surface area (Å²) in [6.45, 7) is 3.43. The SMILES string of the molecule is COc1ccc2c(c1)c(C(=O)N1C[C@H]3[C@@H](CO)[C@@H]4CC[C@@]3(C1)O4)c(C)n2C. The van der Waals surface area contributed by atoms with Crippen molar-refractivity contribution in [1.82, 2.24) is 9.47 Å². The molecule has 3 fully saturated rings. The van der Waals surface area contributed by atoms with E-state index in [0.29, 0.717) is 13.1 Å². The fourth-order valence-electron chi connectivity index (χ4n) is 5.70. The van der Waals surface area contributed by atoms with Crippen LogP contribution in [0, 0.1) is 18.8 Å². The van der Waals surface area contributed by atoms with Gasteiger partial charge >= 0.3 is 0 Å². The van der Waals surface area contributed by atoms with Gasteiger partial charge in [0.1, 0.15) is 5.75 Å². The number of carbonyl (C=O) groups excluding carboxylic acids is 1. The molecule has 3 saturated heterocycles. The van der Waals surface area contributed by atoms with Crippen LogP contribution >= 0.6 is 0 Å². The minimum absolute atomic E-state index is 0.0545. The molecule has 2 bridgehead atoms. The molecule has 0 aliphatic carbocycles. The largest absolute Gasteiger partial charge is 0.497 e. The Kier molecular flexibility index (Phi) is 3.62. The summed E-state index contributed by atoms with van der Waals surface area (Å²) in [5.74, 6) is 1.21. The lowest BCUT2D eigenvalue weighted by atomic mass is 9.74. The molecule has 3 aliphatic rings. The summed E-state index contributed by atoms with van der Waals surface area (Å²) >= 11 is 0. The number of aromatic nitrogens is 1. The van der Waals surface area contributed by atoms with Crippen LogP contribution in [0.15, 0.2) is 18.2 Å². The Morgan fingerprint density at radius 2 is 2.26 bits per heavy atom. The number of ether oxygens (including phenoxy) is 2. The summed E-state index contributed by atoms with van der Waals surface area (Å²) < 4.78 is 13.7. The van der Waals surface area contributed by atoms with Crippen LogP contribution in [0.25, 0.3) is 10.9 Å². The van der Waals surface area contributed by atoms with Gasteiger partial charge in [-0.15, -0.1) is 0 Å². The molecule has 6 nitrogen and oxygen atoms in total. The third kappa shape index (κ3) is 2.17. The Balaban J connectivity index is 1.53. The molecular formula is C21H26N2O4. The Labute approximate surface area is 158 Å². The van der Waals surface area contributed by atoms with Crippen LogP contribution in [0.4, 0.5) is 0 Å². The molecule has 27 heavy (non-hydrogen) atoms. The molecule has 144 valence electrons. The van der Waals surface area contributed by atoms with Crippen LogP contribution in [0.1, 0.15) is 28.9 Å². The lowest BCUT2D eigenvalue weighted by Gasteiger charge is -2.27. The number of likely N-dealkylation sites (tertiary alicyclic amines) is 1. The number of benzene rings is 1. The number of aliphatic hydroxyl groups excluding tert-OH is 1. The van der Waals surface area contributed by atoms with Crippen molar-refractivity contribution >= 4 is 16.8 Å². The number of amides is 1. The molecule has 1 N–H and O–H groups in total. The van der Waals surface area contributed by atoms with Crippen molar-refractivity contribution in [3.05, 3.63) is 29.5 Å². The Hall–Kier alpha value is -2.05. The van der Waals surface area contributed by atoms with E-state index in [2.05, 4.69) is 4.57 Å². The van der Waals surface area contributed by atoms with E-state index < -0.39 is 0 Å². The highest BCUT2D eigenvalue weighted by molar-refractivity contribution is 6.09. The fraction of sp³-hybridized carbons (Fsp3) is 0.571. The average Bonchev–Trinajstić information content (AvgIpc) is 3.39. The number of hydrogen-bond donors (Lipinski definition) is 1. The van der Waals surface area contributed by atoms with Gasteiger partial charge in [0.05, 0.1) is 30.9 Å². The number of fused-ring (bicyclic) bond motifs is 2. The summed E-state index contributed by atoms with van der Waals surface area (Å²) in [5.41, 5.74) is 2.49. The maximum atomic E-state index is 13.5. The van der Waals surface area contributed by atoms with Crippen LogP contribution in [-0.2, 0) is 11.8 Å². The second kappa shape index (κ2) is 5.72. The first-order valence-corrected chi connectivity index (χ1v) is 9.70. The van der Waals surface area contributed by atoms with Gasteiger partial charge < -0.3 is 24.0 Å². The predicted molar refractivity (Wildman–Crippen MR) is 101 cm³/mol. The fourth-order valence-corrected chi connectivity index (χ4v) is 5.70. The molecule has 0 unspecified atom stereocenters. The van der Waals surface area contributed by atoms with E-state index in [0.717, 1.165) is 40.8 Å². The van der Waals surface area contributed by atoms with E-state index in [1.165, 1.54) is 0 Å². The molecule has 5 rings (SSSR count). The third-order valence-electron chi connectivity index (χ3n) is 7.20. The highest BCUT2D eigenvalue weighted by Crippen LogP contribution is 2.54. The molecule has 1 spiro atoms. The lowest BCUT2D eigenvalue weighted by Crippen LogP contribution is -2.38. The zero-order chi connectivity index (χ0) is 18.9. The first-order valence-electron chi connectivity index (χ1n) is 9.70. The van der Waals surface area contributed by atoms with Crippen molar-refractivity contribution in [2.24, 2.45) is 18.9 Å². The molecule has 1 amide bonds. The van der Waals surface area contributed by atoms with E-state index in [9.17, 15) is 9.90 Å². The molecule has 4 heterocycles. The monoisotopic (exact) mass is 370 g/mol. The Morgan fingerprint density at radius 1 is 1.44 bits per heavy atom. The molecule has 3 aliphatic heterocycles. The van der Waals surface area contributed by atoms with Crippen LogP contribution < -0.4 is 4.74 Å². The first kappa shape index (κ1) is 17.1. The highest BCUT2D eigenvalue weighted by Gasteiger charge is 2.63. The summed E-state index contributed by atoms with van der Waals surface area (Å²) in [6, 6.07) is 5.87. The zero-order valence-corrected chi connectivity index (χ0v) is 16.1. The van der Waals surface area contributed by atoms with Gasteiger partial charge in [0.25, 0.3) is 5.91 Å². The van der Waals surface area contributed by atoms with Gasteiger partial charge in [-0.25, -0.2) is 0 Å². The van der Waals surface area contributed by atoms with Crippen LogP contribution in [0.3, 0.4) is 0 Å². The van der Waals surface area contributed by atoms with E-state index in [1.807, 2.05) is 37.1 Å². The van der Waals surface area contributed by atoms with Gasteiger partial charge in [-0.2, -0.15) is 0 Å². The smallest absolute Gasteiger partial charge is 0.256 e. The van der Waals surface area contributed by atoms with Gasteiger partial charge in [0.15, 0.2) is 0 Å². The second-order valence-corrected chi connectivity index (χ2v) is 8.30. The van der Waals surface area contributed by atoms with Crippen LogP contribution in [0.2, 0.25) is 0 Å². The number of carbonyl (C=O) groups is 1. The van der Waals surface area contributed by atoms with Crippen molar-refractivity contribution < 1.29 is 19.4 Å². The maximum absolute atomic E-state index is 13.5. The quantitative estimate of drug-likeness (QED) is 0.899. The molecule has 0 saturated carbocycles. The minimum atomic E-state index is -0.246. The van der Waals surface area contributed by atoms with Gasteiger partial charge in [0, 0.05) is 48.6 Å². The third-order valence-corrected chi connectivity index (χ3v) is 7.20. The zero-order valence-electron chi connectivity index (χ0n) is 16.1. The van der Waals surface area contributed by atoms with Gasteiger partial charge in [-0.05, 0) is 38.0 Å². The molecule has 1 aromatic heterocycles. The van der Waals surface area contributed by atoms with Crippen molar-refractivity contribution in [3.8, 4) is 5.75 Å².